The lowest BCUT2D eigenvalue weighted by atomic mass is 10.00. The summed E-state index contributed by atoms with van der Waals surface area (Å²) >= 11 is 0. The zero-order chi connectivity index (χ0) is 15.6. The van der Waals surface area contributed by atoms with E-state index in [-0.39, 0.29) is 23.9 Å². The third-order valence-electron chi connectivity index (χ3n) is 3.95. The third kappa shape index (κ3) is 3.24. The van der Waals surface area contributed by atoms with Crippen LogP contribution in [0.2, 0.25) is 0 Å². The topological polar surface area (TPSA) is 58.6 Å². The molecule has 1 saturated heterocycles. The Hall–Kier alpha value is -1.88. The van der Waals surface area contributed by atoms with Crippen molar-refractivity contribution in [3.8, 4) is 5.75 Å². The zero-order valence-electron chi connectivity index (χ0n) is 13.0. The van der Waals surface area contributed by atoms with Crippen LogP contribution in [0, 0.1) is 6.92 Å². The highest BCUT2D eigenvalue weighted by Gasteiger charge is 2.32. The first-order chi connectivity index (χ1) is 9.93. The molecule has 0 spiro atoms. The van der Waals surface area contributed by atoms with Crippen molar-refractivity contribution in [3.63, 3.8) is 0 Å². The first-order valence-corrected chi connectivity index (χ1v) is 7.15. The van der Waals surface area contributed by atoms with Crippen LogP contribution in [-0.4, -0.2) is 36.9 Å². The molecule has 0 saturated carbocycles. The maximum Gasteiger partial charge on any atom is 0.246 e. The van der Waals surface area contributed by atoms with Gasteiger partial charge in [0.2, 0.25) is 11.8 Å². The molecule has 5 nitrogen and oxygen atoms in total. The number of carbonyl (C=O) groups is 2. The Morgan fingerprint density at radius 1 is 1.38 bits per heavy atom. The minimum absolute atomic E-state index is 0.0320. The number of imide groups is 1. The highest BCUT2D eigenvalue weighted by atomic mass is 16.5. The SMILES string of the molecule is COc1ccc(C)cc1C(C)NC1CCC(=O)N(C)C1=O. The zero-order valence-corrected chi connectivity index (χ0v) is 13.0. The van der Waals surface area contributed by atoms with Gasteiger partial charge in [0.15, 0.2) is 0 Å². The van der Waals surface area contributed by atoms with E-state index in [2.05, 4.69) is 11.4 Å². The fourth-order valence-corrected chi connectivity index (χ4v) is 2.65. The van der Waals surface area contributed by atoms with E-state index < -0.39 is 0 Å². The third-order valence-corrected chi connectivity index (χ3v) is 3.95. The van der Waals surface area contributed by atoms with Gasteiger partial charge in [-0.1, -0.05) is 17.7 Å². The molecule has 1 aromatic rings. The second kappa shape index (κ2) is 6.26. The first kappa shape index (κ1) is 15.5. The molecule has 1 fully saturated rings. The van der Waals surface area contributed by atoms with Crippen LogP contribution in [0.15, 0.2) is 18.2 Å². The Bertz CT molecular complexity index is 556. The number of hydrogen-bond donors (Lipinski definition) is 1. The predicted molar refractivity (Wildman–Crippen MR) is 80.1 cm³/mol. The van der Waals surface area contributed by atoms with Crippen molar-refractivity contribution in [1.29, 1.82) is 0 Å². The minimum Gasteiger partial charge on any atom is -0.496 e. The molecule has 1 aliphatic rings. The molecule has 2 rings (SSSR count). The summed E-state index contributed by atoms with van der Waals surface area (Å²) in [6, 6.07) is 5.62. The van der Waals surface area contributed by atoms with Crippen molar-refractivity contribution in [1.82, 2.24) is 10.2 Å². The fraction of sp³-hybridized carbons (Fsp3) is 0.500. The summed E-state index contributed by atoms with van der Waals surface area (Å²) in [6.45, 7) is 4.02. The highest BCUT2D eigenvalue weighted by Crippen LogP contribution is 2.27. The Morgan fingerprint density at radius 3 is 2.76 bits per heavy atom. The van der Waals surface area contributed by atoms with Crippen molar-refractivity contribution in [2.45, 2.75) is 38.8 Å². The number of hydrogen-bond acceptors (Lipinski definition) is 4. The lowest BCUT2D eigenvalue weighted by Gasteiger charge is -2.31. The van der Waals surface area contributed by atoms with Gasteiger partial charge in [0.05, 0.1) is 13.2 Å². The molecule has 0 bridgehead atoms. The molecule has 5 heteroatoms. The molecule has 1 aromatic carbocycles. The van der Waals surface area contributed by atoms with Gasteiger partial charge >= 0.3 is 0 Å². The van der Waals surface area contributed by atoms with Crippen molar-refractivity contribution in [2.24, 2.45) is 0 Å². The molecule has 2 amide bonds. The van der Waals surface area contributed by atoms with E-state index in [0.29, 0.717) is 12.8 Å². The van der Waals surface area contributed by atoms with E-state index in [0.717, 1.165) is 16.9 Å². The van der Waals surface area contributed by atoms with Crippen LogP contribution in [0.25, 0.3) is 0 Å². The van der Waals surface area contributed by atoms with Gasteiger partial charge in [-0.15, -0.1) is 0 Å². The number of piperidine rings is 1. The molecule has 1 heterocycles. The molecule has 2 unspecified atom stereocenters. The number of benzene rings is 1. The number of aryl methyl sites for hydroxylation is 1. The summed E-state index contributed by atoms with van der Waals surface area (Å²) in [6.07, 6.45) is 0.943. The fourth-order valence-electron chi connectivity index (χ4n) is 2.65. The summed E-state index contributed by atoms with van der Waals surface area (Å²) in [5, 5.41) is 3.31. The molecule has 0 aromatic heterocycles. The van der Waals surface area contributed by atoms with E-state index in [4.69, 9.17) is 4.74 Å². The van der Waals surface area contributed by atoms with Crippen LogP contribution in [0.4, 0.5) is 0 Å². The van der Waals surface area contributed by atoms with Gasteiger partial charge in [0.25, 0.3) is 0 Å². The number of nitrogens with zero attached hydrogens (tertiary/aromatic N) is 1. The molecule has 1 N–H and O–H groups in total. The quantitative estimate of drug-likeness (QED) is 0.859. The number of likely N-dealkylation sites (tertiary alicyclic amines) is 1. The smallest absolute Gasteiger partial charge is 0.246 e. The van der Waals surface area contributed by atoms with Gasteiger partial charge in [-0.05, 0) is 26.3 Å². The van der Waals surface area contributed by atoms with Gasteiger partial charge in [0.1, 0.15) is 5.75 Å². The van der Waals surface area contributed by atoms with Crippen LogP contribution in [0.5, 0.6) is 5.75 Å². The van der Waals surface area contributed by atoms with Crippen molar-refractivity contribution in [2.75, 3.05) is 14.2 Å². The maximum absolute atomic E-state index is 12.1. The van der Waals surface area contributed by atoms with Gasteiger partial charge in [-0.25, -0.2) is 0 Å². The van der Waals surface area contributed by atoms with E-state index in [1.807, 2.05) is 26.0 Å². The van der Waals surface area contributed by atoms with E-state index >= 15 is 0 Å². The van der Waals surface area contributed by atoms with E-state index in [9.17, 15) is 9.59 Å². The number of ether oxygens (including phenoxy) is 1. The van der Waals surface area contributed by atoms with Crippen LogP contribution in [-0.2, 0) is 9.59 Å². The number of carbonyl (C=O) groups excluding carboxylic acids is 2. The second-order valence-electron chi connectivity index (χ2n) is 5.52. The van der Waals surface area contributed by atoms with Crippen molar-refractivity contribution in [3.05, 3.63) is 29.3 Å². The standard InChI is InChI=1S/C16H22N2O3/c1-10-5-7-14(21-4)12(9-10)11(2)17-13-6-8-15(19)18(3)16(13)20/h5,7,9,11,13,17H,6,8H2,1-4H3. The maximum atomic E-state index is 12.1. The summed E-state index contributed by atoms with van der Waals surface area (Å²) in [5.41, 5.74) is 2.16. The van der Waals surface area contributed by atoms with Crippen LogP contribution in [0.3, 0.4) is 0 Å². The van der Waals surface area contributed by atoms with Crippen molar-refractivity contribution < 1.29 is 14.3 Å². The summed E-state index contributed by atoms with van der Waals surface area (Å²) in [5.74, 6) is 0.525. The Morgan fingerprint density at radius 2 is 2.10 bits per heavy atom. The number of likely N-dealkylation sites (N-methyl/N-ethyl adjacent to an activating group) is 1. The van der Waals surface area contributed by atoms with Crippen LogP contribution >= 0.6 is 0 Å². The van der Waals surface area contributed by atoms with Gasteiger partial charge < -0.3 is 4.74 Å². The minimum atomic E-state index is -0.326. The second-order valence-corrected chi connectivity index (χ2v) is 5.52. The normalized spacial score (nSPS) is 20.6. The van der Waals surface area contributed by atoms with Gasteiger partial charge in [-0.3, -0.25) is 19.8 Å². The molecular formula is C16H22N2O3. The van der Waals surface area contributed by atoms with Gasteiger partial charge in [-0.2, -0.15) is 0 Å². The van der Waals surface area contributed by atoms with Crippen LogP contribution < -0.4 is 10.1 Å². The lowest BCUT2D eigenvalue weighted by Crippen LogP contribution is -2.51. The summed E-state index contributed by atoms with van der Waals surface area (Å²) in [4.78, 5) is 24.9. The molecular weight excluding hydrogens is 268 g/mol. The number of methoxy groups -OCH3 is 1. The van der Waals surface area contributed by atoms with E-state index in [1.165, 1.54) is 11.9 Å². The Balaban J connectivity index is 2.14. The van der Waals surface area contributed by atoms with E-state index in [1.54, 1.807) is 7.11 Å². The summed E-state index contributed by atoms with van der Waals surface area (Å²) < 4.78 is 5.39. The Kier molecular flexibility index (Phi) is 4.63. The Labute approximate surface area is 125 Å². The average Bonchev–Trinajstić information content (AvgIpc) is 2.47. The lowest BCUT2D eigenvalue weighted by molar-refractivity contribution is -0.148. The largest absolute Gasteiger partial charge is 0.496 e. The number of nitrogens with one attached hydrogen (secondary N) is 1. The first-order valence-electron chi connectivity index (χ1n) is 7.15. The molecule has 0 aliphatic carbocycles. The molecule has 1 aliphatic heterocycles. The molecule has 0 radical (unpaired) electrons. The molecule has 2 atom stereocenters. The average molecular weight is 290 g/mol. The highest BCUT2D eigenvalue weighted by molar-refractivity contribution is 6.00. The predicted octanol–water partition coefficient (Wildman–Crippen LogP) is 1.80. The van der Waals surface area contributed by atoms with Gasteiger partial charge in [0, 0.05) is 25.1 Å². The number of rotatable bonds is 4. The number of amides is 2. The van der Waals surface area contributed by atoms with Crippen molar-refractivity contribution >= 4 is 11.8 Å². The summed E-state index contributed by atoms with van der Waals surface area (Å²) in [7, 11) is 3.18. The molecule has 114 valence electrons. The monoisotopic (exact) mass is 290 g/mol. The molecule has 21 heavy (non-hydrogen) atoms. The van der Waals surface area contributed by atoms with Crippen LogP contribution in [0.1, 0.15) is 36.9 Å².